The molecule has 4 heteroatoms. The normalized spacial score (nSPS) is 13.7. The van der Waals surface area contributed by atoms with Crippen molar-refractivity contribution in [3.05, 3.63) is 522 Å². The van der Waals surface area contributed by atoms with Crippen molar-refractivity contribution in [2.24, 2.45) is 0 Å². The van der Waals surface area contributed by atoms with Crippen LogP contribution in [-0.2, 0) is 16.2 Å². The topological polar surface area (TPSA) is 41.0 Å². The number of nitrogens with one attached hydrogen (secondary N) is 3. The van der Waals surface area contributed by atoms with Gasteiger partial charge in [-0.2, -0.15) is 0 Å². The molecule has 7 aliphatic rings. The summed E-state index contributed by atoms with van der Waals surface area (Å²) in [6, 6.07) is 167. The molecule has 590 valence electrons. The van der Waals surface area contributed by atoms with Crippen LogP contribution in [0, 0.1) is 0 Å². The minimum Gasteiger partial charge on any atom is -0.355 e. The van der Waals surface area contributed by atoms with Crippen LogP contribution >= 0.6 is 0 Å². The predicted molar refractivity (Wildman–Crippen MR) is 529 cm³/mol. The van der Waals surface area contributed by atoms with E-state index in [4.69, 9.17) is 0 Å². The molecule has 0 bridgehead atoms. The van der Waals surface area contributed by atoms with Crippen LogP contribution in [0.25, 0.3) is 149 Å². The van der Waals surface area contributed by atoms with Gasteiger partial charge in [-0.25, -0.2) is 0 Å². The Labute approximate surface area is 736 Å². The molecule has 7 aliphatic carbocycles. The molecule has 0 atom stereocenters. The van der Waals surface area contributed by atoms with Crippen LogP contribution in [0.3, 0.4) is 0 Å². The van der Waals surface area contributed by atoms with E-state index in [0.29, 0.717) is 0 Å². The number of hydrogen-bond acceptors (Lipinski definition) is 3. The Balaban J connectivity index is 0.0000000989. The third-order valence-electron chi connectivity index (χ3n) is 28.8. The summed E-state index contributed by atoms with van der Waals surface area (Å²) in [6.07, 6.45) is 0. The maximum absolute atomic E-state index is 3.90. The molecule has 4 nitrogen and oxygen atoms in total. The molecule has 0 amide bonds. The number of benzene rings is 21. The molecule has 22 aromatic rings. The van der Waals surface area contributed by atoms with Crippen molar-refractivity contribution in [3.8, 4) is 94.7 Å². The second-order valence-corrected chi connectivity index (χ2v) is 34.8. The van der Waals surface area contributed by atoms with Gasteiger partial charge in [0.25, 0.3) is 0 Å². The number of anilines is 6. The van der Waals surface area contributed by atoms with Gasteiger partial charge < -0.3 is 20.5 Å². The Kier molecular flexibility index (Phi) is 15.3. The van der Waals surface area contributed by atoms with Gasteiger partial charge in [-0.15, -0.1) is 0 Å². The van der Waals surface area contributed by atoms with Gasteiger partial charge in [0.15, 0.2) is 0 Å². The molecule has 1 aromatic heterocycles. The molecule has 0 saturated heterocycles. The highest BCUT2D eigenvalue weighted by Crippen LogP contribution is 2.68. The van der Waals surface area contributed by atoms with E-state index in [1.165, 1.54) is 210 Å². The third-order valence-corrected chi connectivity index (χ3v) is 28.8. The standard InChI is InChI=1S/C43H28N2.C41H25N.C39H25N/c1-2-13-29(14-3-1)45-40-24-11-7-17-32(40)33-26-25-28(27-41(33)45)44-39-23-12-22-38-42(39)34-18-6-10-21-37(34)43(38)35-19-8-4-15-30(35)31-16-5-9-20-36(31)43;1-4-17-34-28(12-1)29-13-2-5-18-35(29)41(34)36-19-6-3-14-32(36)40-37(41)20-9-21-38(40)42-26-22-23-27-30-15-7-10-25-11-8-16-31(39(25)30)33(27)24-26;1-2-11-28-25(10-1)20-21-26-24-27(22-23-29(26)28)40-37-19-9-18-36-38(37)32-14-5-8-17-35(32)39(36)33-15-6-3-12-30(33)31-13-4-7-16-34(31)39/h1-27,44H;1-24,42H;1-24,40H. The Morgan fingerprint density at radius 1 is 0.165 bits per heavy atom. The third kappa shape index (κ3) is 9.87. The average Bonchev–Trinajstić information content (AvgIpc) is 1.52. The molecule has 3 N–H and O–H groups in total. The first-order chi connectivity index (χ1) is 63.0. The van der Waals surface area contributed by atoms with E-state index in [0.717, 1.165) is 39.8 Å². The SMILES string of the molecule is c1ccc(-n2c3ccccc3c3ccc(Nc4cccc5c4-c4ccccc4C54c5ccccc5-c5ccccc54)cc32)cc1.c1ccc2c(c1)-c1ccccc1C21c2ccccc2-c2c(Nc3ccc4c(c3)-c3cccc5cccc-4c35)cccc21.c1ccc2c(c1)-c1ccccc1C21c2ccccc2-c2c(Nc3ccc4c(ccc5ccccc54)c3)cccc21. The fourth-order valence-corrected chi connectivity index (χ4v) is 24.1. The summed E-state index contributed by atoms with van der Waals surface area (Å²) in [5.74, 6) is 0. The molecule has 0 saturated carbocycles. The van der Waals surface area contributed by atoms with Gasteiger partial charge >= 0.3 is 0 Å². The molecule has 1 heterocycles. The summed E-state index contributed by atoms with van der Waals surface area (Å²) in [5.41, 5.74) is 46.6. The minimum atomic E-state index is -0.347. The van der Waals surface area contributed by atoms with Gasteiger partial charge in [0.2, 0.25) is 0 Å². The van der Waals surface area contributed by atoms with E-state index in [-0.39, 0.29) is 16.2 Å². The van der Waals surface area contributed by atoms with Gasteiger partial charge in [0.1, 0.15) is 0 Å². The van der Waals surface area contributed by atoms with Crippen LogP contribution in [0.1, 0.15) is 66.8 Å². The number of nitrogens with zero attached hydrogens (tertiary/aromatic N) is 1. The van der Waals surface area contributed by atoms with Gasteiger partial charge in [0, 0.05) is 67.3 Å². The van der Waals surface area contributed by atoms with E-state index < -0.39 is 0 Å². The van der Waals surface area contributed by atoms with E-state index >= 15 is 0 Å². The number of para-hydroxylation sites is 2. The van der Waals surface area contributed by atoms with E-state index in [1.54, 1.807) is 0 Å². The Morgan fingerprint density at radius 2 is 0.472 bits per heavy atom. The zero-order valence-electron chi connectivity index (χ0n) is 69.2. The van der Waals surface area contributed by atoms with Gasteiger partial charge in [0.05, 0.1) is 27.3 Å². The first kappa shape index (κ1) is 71.2. The molecule has 29 rings (SSSR count). The maximum atomic E-state index is 3.90. The van der Waals surface area contributed by atoms with Crippen molar-refractivity contribution in [2.45, 2.75) is 16.2 Å². The second kappa shape index (κ2) is 27.3. The van der Waals surface area contributed by atoms with Gasteiger partial charge in [-0.05, 0) is 244 Å². The molecule has 0 aliphatic heterocycles. The van der Waals surface area contributed by atoms with Crippen molar-refractivity contribution in [1.29, 1.82) is 0 Å². The highest BCUT2D eigenvalue weighted by atomic mass is 15.0. The number of hydrogen-bond donors (Lipinski definition) is 3. The number of rotatable bonds is 7. The maximum Gasteiger partial charge on any atom is 0.0726 e. The molecule has 0 radical (unpaired) electrons. The average molecular weight is 1610 g/mol. The molecule has 127 heavy (non-hydrogen) atoms. The Bertz CT molecular complexity index is 8330. The van der Waals surface area contributed by atoms with Gasteiger partial charge in [-0.1, -0.05) is 382 Å². The fourth-order valence-electron chi connectivity index (χ4n) is 24.1. The van der Waals surface area contributed by atoms with Crippen molar-refractivity contribution >= 4 is 88.2 Å². The van der Waals surface area contributed by atoms with Crippen LogP contribution in [0.4, 0.5) is 34.1 Å². The molecule has 0 unspecified atom stereocenters. The highest BCUT2D eigenvalue weighted by molar-refractivity contribution is 6.17. The lowest BCUT2D eigenvalue weighted by Crippen LogP contribution is -2.25. The smallest absolute Gasteiger partial charge is 0.0726 e. The van der Waals surface area contributed by atoms with Crippen molar-refractivity contribution in [1.82, 2.24) is 4.57 Å². The molecule has 3 spiro atoms. The summed E-state index contributed by atoms with van der Waals surface area (Å²) in [4.78, 5) is 0. The van der Waals surface area contributed by atoms with Crippen molar-refractivity contribution in [2.75, 3.05) is 16.0 Å². The molecule has 21 aromatic carbocycles. The Morgan fingerprint density at radius 3 is 0.937 bits per heavy atom. The fraction of sp³-hybridized carbons (Fsp3) is 0.0244. The van der Waals surface area contributed by atoms with Crippen LogP contribution in [0.5, 0.6) is 0 Å². The van der Waals surface area contributed by atoms with Crippen LogP contribution in [-0.4, -0.2) is 4.57 Å². The van der Waals surface area contributed by atoms with Crippen LogP contribution in [0.15, 0.2) is 455 Å². The lowest BCUT2D eigenvalue weighted by Gasteiger charge is -2.30. The van der Waals surface area contributed by atoms with E-state index in [1.807, 2.05) is 0 Å². The number of fused-ring (bicyclic) bond motifs is 39. The predicted octanol–water partition coefficient (Wildman–Crippen LogP) is 31.5. The van der Waals surface area contributed by atoms with Gasteiger partial charge in [-0.3, -0.25) is 0 Å². The van der Waals surface area contributed by atoms with Crippen molar-refractivity contribution < 1.29 is 0 Å². The highest BCUT2D eigenvalue weighted by Gasteiger charge is 2.55. The minimum absolute atomic E-state index is 0.320. The van der Waals surface area contributed by atoms with E-state index in [2.05, 4.69) is 475 Å². The molecule has 0 fully saturated rings. The first-order valence-electron chi connectivity index (χ1n) is 44.3. The monoisotopic (exact) mass is 1610 g/mol. The van der Waals surface area contributed by atoms with Crippen molar-refractivity contribution in [3.63, 3.8) is 0 Å². The molecular weight excluding hydrogens is 1530 g/mol. The second-order valence-electron chi connectivity index (χ2n) is 34.8. The Hall–Kier alpha value is -16.4. The zero-order valence-corrected chi connectivity index (χ0v) is 69.2. The van der Waals surface area contributed by atoms with Crippen LogP contribution < -0.4 is 16.0 Å². The van der Waals surface area contributed by atoms with Crippen LogP contribution in [0.2, 0.25) is 0 Å². The zero-order chi connectivity index (χ0) is 83.2. The summed E-state index contributed by atoms with van der Waals surface area (Å²) in [7, 11) is 0. The van der Waals surface area contributed by atoms with E-state index in [9.17, 15) is 0 Å². The molecular formula is C123H78N4. The summed E-state index contributed by atoms with van der Waals surface area (Å²) in [6.45, 7) is 0. The first-order valence-corrected chi connectivity index (χ1v) is 44.3. The summed E-state index contributed by atoms with van der Waals surface area (Å²) in [5, 5.41) is 21.9. The number of aromatic nitrogens is 1. The summed E-state index contributed by atoms with van der Waals surface area (Å²) >= 11 is 0. The quantitative estimate of drug-likeness (QED) is 0.139. The largest absolute Gasteiger partial charge is 0.355 e. The summed E-state index contributed by atoms with van der Waals surface area (Å²) < 4.78 is 2.38. The lowest BCUT2D eigenvalue weighted by atomic mass is 9.70. The lowest BCUT2D eigenvalue weighted by molar-refractivity contribution is 0.794.